The molecule has 6 amide bonds. The fourth-order valence-electron chi connectivity index (χ4n) is 9.92. The summed E-state index contributed by atoms with van der Waals surface area (Å²) >= 11 is 0. The van der Waals surface area contributed by atoms with Crippen molar-refractivity contribution in [1.82, 2.24) is 15.1 Å². The first kappa shape index (κ1) is 64.8. The maximum absolute atomic E-state index is 14.1. The zero-order valence-electron chi connectivity index (χ0n) is 48.7. The number of esters is 1. The van der Waals surface area contributed by atoms with Gasteiger partial charge in [0, 0.05) is 63.0 Å². The highest BCUT2D eigenvalue weighted by Crippen LogP contribution is 2.38. The van der Waals surface area contributed by atoms with Crippen LogP contribution in [0.5, 0.6) is 17.2 Å². The molecular formula is C62H80N4O17. The Morgan fingerprint density at radius 3 is 2.10 bits per heavy atom. The molecule has 0 aromatic heterocycles. The van der Waals surface area contributed by atoms with E-state index in [1.807, 2.05) is 19.1 Å². The number of benzene rings is 3. The first-order chi connectivity index (χ1) is 39.8. The minimum absolute atomic E-state index is 0.00622. The van der Waals surface area contributed by atoms with Crippen molar-refractivity contribution in [2.75, 3.05) is 72.3 Å². The van der Waals surface area contributed by atoms with Crippen LogP contribution in [0.4, 0.5) is 5.69 Å². The number of hydrogen-bond acceptors (Lipinski definition) is 17. The Hall–Kier alpha value is -7.36. The molecule has 2 N–H and O–H groups in total. The molecule has 3 aromatic carbocycles. The van der Waals surface area contributed by atoms with Crippen LogP contribution in [0, 0.1) is 5.41 Å². The van der Waals surface area contributed by atoms with Gasteiger partial charge < -0.3 is 43.4 Å². The lowest BCUT2D eigenvalue weighted by atomic mass is 9.84. The van der Waals surface area contributed by atoms with Gasteiger partial charge in [0.1, 0.15) is 35.8 Å². The molecule has 3 atom stereocenters. The van der Waals surface area contributed by atoms with Gasteiger partial charge >= 0.3 is 5.97 Å². The average molecular weight is 1150 g/mol. The van der Waals surface area contributed by atoms with Gasteiger partial charge in [-0.25, -0.2) is 4.79 Å². The summed E-state index contributed by atoms with van der Waals surface area (Å²) in [6.07, 6.45) is 5.18. The normalized spacial score (nSPS) is 17.3. The van der Waals surface area contributed by atoms with Crippen LogP contribution >= 0.6 is 0 Å². The first-order valence-electron chi connectivity index (χ1n) is 28.7. The van der Waals surface area contributed by atoms with Crippen LogP contribution in [-0.4, -0.2) is 147 Å². The van der Waals surface area contributed by atoms with Gasteiger partial charge in [-0.3, -0.25) is 53.4 Å². The van der Waals surface area contributed by atoms with Crippen LogP contribution in [0.15, 0.2) is 60.7 Å². The molecule has 450 valence electrons. The van der Waals surface area contributed by atoms with Crippen molar-refractivity contribution in [3.63, 3.8) is 0 Å². The number of rotatable bonds is 35. The molecule has 3 aliphatic rings. The summed E-state index contributed by atoms with van der Waals surface area (Å²) in [5.41, 5.74) is -0.402. The van der Waals surface area contributed by atoms with E-state index in [2.05, 4.69) is 10.6 Å². The van der Waals surface area contributed by atoms with Crippen molar-refractivity contribution >= 4 is 64.4 Å². The van der Waals surface area contributed by atoms with Crippen molar-refractivity contribution < 1.29 is 81.1 Å². The molecule has 0 radical (unpaired) electrons. The molecule has 3 aromatic rings. The molecule has 0 unspecified atom stereocenters. The highest BCUT2D eigenvalue weighted by Gasteiger charge is 2.53. The molecule has 2 saturated heterocycles. The van der Waals surface area contributed by atoms with Crippen molar-refractivity contribution in [1.29, 1.82) is 0 Å². The van der Waals surface area contributed by atoms with Crippen molar-refractivity contribution in [2.24, 2.45) is 5.41 Å². The van der Waals surface area contributed by atoms with E-state index in [0.717, 1.165) is 10.5 Å². The number of fused-ring (bicyclic) bond motifs is 1. The van der Waals surface area contributed by atoms with Gasteiger partial charge in [0.05, 0.1) is 51.8 Å². The van der Waals surface area contributed by atoms with Gasteiger partial charge in [-0.15, -0.1) is 0 Å². The Bertz CT molecular complexity index is 2830. The number of carbonyl (C=O) groups is 10. The molecule has 2 fully saturated rings. The second-order valence-corrected chi connectivity index (χ2v) is 21.8. The number of unbranched alkanes of at least 4 members (excludes halogenated alkanes) is 2. The molecular weight excluding hydrogens is 1070 g/mol. The van der Waals surface area contributed by atoms with E-state index in [0.29, 0.717) is 133 Å². The van der Waals surface area contributed by atoms with Crippen molar-refractivity contribution in [3.8, 4) is 17.2 Å². The number of likely N-dealkylation sites (tertiary alicyclic amines) is 1. The fourth-order valence-corrected chi connectivity index (χ4v) is 9.92. The lowest BCUT2D eigenvalue weighted by molar-refractivity contribution is -0.164. The summed E-state index contributed by atoms with van der Waals surface area (Å²) in [5, 5.41) is 5.08. The largest absolute Gasteiger partial charge is 0.493 e. The van der Waals surface area contributed by atoms with E-state index in [1.165, 1.54) is 30.0 Å². The second kappa shape index (κ2) is 31.3. The number of Topliss-reactive ketones (excluding diaryl/α,β-unsaturated/α-hetero) is 3. The fraction of sp³-hybridized carbons (Fsp3) is 0.548. The first-order valence-corrected chi connectivity index (χ1v) is 28.7. The number of hydrogen-bond donors (Lipinski definition) is 2. The minimum atomic E-state index is -1.54. The Labute approximate surface area is 485 Å². The Kier molecular flexibility index (Phi) is 24.5. The van der Waals surface area contributed by atoms with E-state index in [1.54, 1.807) is 58.4 Å². The summed E-state index contributed by atoms with van der Waals surface area (Å²) in [4.78, 5) is 133. The van der Waals surface area contributed by atoms with Crippen LogP contribution in [0.1, 0.15) is 162 Å². The topological polar surface area (TPSA) is 266 Å². The lowest BCUT2D eigenvalue weighted by Gasteiger charge is -2.38. The third-order valence-corrected chi connectivity index (χ3v) is 15.4. The summed E-state index contributed by atoms with van der Waals surface area (Å²) in [6.45, 7) is 9.01. The van der Waals surface area contributed by atoms with Gasteiger partial charge in [-0.1, -0.05) is 45.0 Å². The monoisotopic (exact) mass is 1150 g/mol. The zero-order valence-corrected chi connectivity index (χ0v) is 48.7. The third kappa shape index (κ3) is 17.8. The number of imide groups is 2. The van der Waals surface area contributed by atoms with E-state index in [4.69, 9.17) is 33.2 Å². The van der Waals surface area contributed by atoms with Crippen LogP contribution in [0.3, 0.4) is 0 Å². The average Bonchev–Trinajstić information content (AvgIpc) is 2.00. The Morgan fingerprint density at radius 1 is 0.747 bits per heavy atom. The smallest absolute Gasteiger partial charge is 0.329 e. The molecule has 6 rings (SSSR count). The number of methoxy groups -OCH3 is 2. The van der Waals surface area contributed by atoms with Crippen LogP contribution in [0.2, 0.25) is 0 Å². The molecule has 0 bridgehead atoms. The van der Waals surface area contributed by atoms with Gasteiger partial charge in [0.2, 0.25) is 17.6 Å². The highest BCUT2D eigenvalue weighted by atomic mass is 16.6. The second-order valence-electron chi connectivity index (χ2n) is 21.8. The predicted molar refractivity (Wildman–Crippen MR) is 303 cm³/mol. The number of anilines is 1. The number of carbonyl (C=O) groups excluding carboxylic acids is 10. The Balaban J connectivity index is 0.826. The van der Waals surface area contributed by atoms with E-state index in [9.17, 15) is 47.9 Å². The molecule has 3 aliphatic heterocycles. The SMILES string of the molecule is CCC(C)(C)C(=O)C(=O)N1CCCC[C@H]1C(=O)O[C@H](CCc1ccc(OC)c(OC)c1)c1cccc(NC(=O)CCC(=O)CCCCOCCOCCOCCCCC(=O)COc2cccc3c2C(=O)N([C@@]2(C)CCC(=O)NC2=O)C3=O)c1. The predicted octanol–water partition coefficient (Wildman–Crippen LogP) is 7.42. The van der Waals surface area contributed by atoms with E-state index < -0.39 is 64.4 Å². The molecule has 0 spiro atoms. The van der Waals surface area contributed by atoms with Gasteiger partial charge in [0.15, 0.2) is 17.3 Å². The van der Waals surface area contributed by atoms with Crippen LogP contribution in [-0.2, 0) is 63.7 Å². The highest BCUT2D eigenvalue weighted by molar-refractivity contribution is 6.38. The maximum atomic E-state index is 14.1. The number of amides is 6. The maximum Gasteiger partial charge on any atom is 0.329 e. The quantitative estimate of drug-likeness (QED) is 0.0251. The molecule has 21 heteroatoms. The van der Waals surface area contributed by atoms with Gasteiger partial charge in [-0.2, -0.15) is 0 Å². The lowest BCUT2D eigenvalue weighted by Crippen LogP contribution is -2.62. The number of nitrogens with one attached hydrogen (secondary N) is 2. The summed E-state index contributed by atoms with van der Waals surface area (Å²) in [7, 11) is 3.10. The molecule has 0 aliphatic carbocycles. The summed E-state index contributed by atoms with van der Waals surface area (Å²) < 4.78 is 39.7. The molecule has 83 heavy (non-hydrogen) atoms. The number of piperidine rings is 2. The van der Waals surface area contributed by atoms with E-state index >= 15 is 0 Å². The van der Waals surface area contributed by atoms with Crippen LogP contribution < -0.4 is 24.8 Å². The van der Waals surface area contributed by atoms with Gasteiger partial charge in [0.25, 0.3) is 23.6 Å². The standard InChI is InChI=1S/C62H80N4O17/c1-7-61(2,3)55(71)58(74)65-31-11-8-21-47(65)59(75)83-48(26-23-41-24-27-49(77-5)51(38-41)78-6)42-16-14-17-43(39-42)63-52(69)28-25-44(67)18-9-12-32-79-34-36-81-37-35-80-33-13-10-19-45(68)40-82-50-22-15-20-46-54(50)57(73)66(56(46)72)62(4)30-29-53(70)64-60(62)76/h14-17,20,22,24,27,38-39,47-48H,7-13,18-19,21,23,25-26,28-37,40H2,1-6H3,(H,63,69)(H,64,70,76)/t47-,48+,62-/m0/s1. The van der Waals surface area contributed by atoms with Crippen molar-refractivity contribution in [2.45, 2.75) is 148 Å². The summed E-state index contributed by atoms with van der Waals surface area (Å²) in [5.74, 6) is -3.83. The van der Waals surface area contributed by atoms with Gasteiger partial charge in [-0.05, 0) is 125 Å². The number of ether oxygens (including phenoxy) is 7. The summed E-state index contributed by atoms with van der Waals surface area (Å²) in [6, 6.07) is 16.1. The molecule has 0 saturated carbocycles. The third-order valence-electron chi connectivity index (χ3n) is 15.4. The number of ketones is 3. The van der Waals surface area contributed by atoms with Crippen molar-refractivity contribution in [3.05, 3.63) is 82.9 Å². The molecule has 21 nitrogen and oxygen atoms in total. The Morgan fingerprint density at radius 2 is 1.42 bits per heavy atom. The number of nitrogens with zero attached hydrogens (tertiary/aromatic N) is 2. The zero-order chi connectivity index (χ0) is 60.1. The molecule has 3 heterocycles. The number of aryl methyl sites for hydroxylation is 1. The van der Waals surface area contributed by atoms with E-state index in [-0.39, 0.29) is 79.6 Å². The minimum Gasteiger partial charge on any atom is -0.493 e. The van der Waals surface area contributed by atoms with Crippen LogP contribution in [0.25, 0.3) is 0 Å².